The summed E-state index contributed by atoms with van der Waals surface area (Å²) in [4.78, 5) is 1.59. The second-order valence-electron chi connectivity index (χ2n) is 5.31. The standard InChI is InChI=1S/C16H17Cl2N5O/c1-2-3-8-23-21-16(20-22-23)19-10-12-5-7-15(24-12)13-9-11(17)4-6-14(13)18/h4-7,9H,2-3,8,10H2,1H3,(H,19,21). The van der Waals surface area contributed by atoms with Crippen molar-refractivity contribution in [3.05, 3.63) is 46.1 Å². The molecular formula is C16H17Cl2N5O. The molecule has 1 N–H and O–H groups in total. The van der Waals surface area contributed by atoms with Crippen molar-refractivity contribution in [2.75, 3.05) is 5.32 Å². The topological polar surface area (TPSA) is 68.8 Å². The van der Waals surface area contributed by atoms with Crippen LogP contribution in [0.4, 0.5) is 5.95 Å². The third-order valence-corrected chi connectivity index (χ3v) is 4.01. The summed E-state index contributed by atoms with van der Waals surface area (Å²) in [6.07, 6.45) is 2.11. The molecule has 0 aliphatic carbocycles. The smallest absolute Gasteiger partial charge is 0.263 e. The summed E-state index contributed by atoms with van der Waals surface area (Å²) in [5, 5.41) is 16.5. The predicted octanol–water partition coefficient (Wildman–Crippen LogP) is 4.65. The second kappa shape index (κ2) is 7.68. The summed E-state index contributed by atoms with van der Waals surface area (Å²) >= 11 is 12.2. The lowest BCUT2D eigenvalue weighted by atomic mass is 10.2. The van der Waals surface area contributed by atoms with Crippen molar-refractivity contribution in [1.29, 1.82) is 0 Å². The Hall–Kier alpha value is -2.05. The van der Waals surface area contributed by atoms with E-state index in [1.165, 1.54) is 0 Å². The van der Waals surface area contributed by atoms with E-state index in [9.17, 15) is 0 Å². The maximum atomic E-state index is 6.19. The largest absolute Gasteiger partial charge is 0.459 e. The summed E-state index contributed by atoms with van der Waals surface area (Å²) in [7, 11) is 0. The van der Waals surface area contributed by atoms with Crippen LogP contribution in [-0.2, 0) is 13.1 Å². The minimum atomic E-state index is 0.456. The molecular weight excluding hydrogens is 349 g/mol. The maximum Gasteiger partial charge on any atom is 0.263 e. The molecule has 0 amide bonds. The lowest BCUT2D eigenvalue weighted by Crippen LogP contribution is -2.03. The first-order chi connectivity index (χ1) is 11.7. The van der Waals surface area contributed by atoms with E-state index in [1.807, 2.05) is 12.1 Å². The molecule has 2 heterocycles. The number of rotatable bonds is 7. The molecule has 0 unspecified atom stereocenters. The second-order valence-corrected chi connectivity index (χ2v) is 6.15. The summed E-state index contributed by atoms with van der Waals surface area (Å²) in [5.74, 6) is 1.88. The van der Waals surface area contributed by atoms with Gasteiger partial charge in [0.15, 0.2) is 0 Å². The van der Waals surface area contributed by atoms with Gasteiger partial charge in [-0.05, 0) is 42.0 Å². The van der Waals surface area contributed by atoms with Crippen LogP contribution in [0.2, 0.25) is 10.0 Å². The summed E-state index contributed by atoms with van der Waals surface area (Å²) in [5.41, 5.74) is 0.763. The molecule has 0 bridgehead atoms. The fraction of sp³-hybridized carbons (Fsp3) is 0.312. The normalized spacial score (nSPS) is 11.0. The molecule has 3 aromatic rings. The molecule has 2 aromatic heterocycles. The Morgan fingerprint density at radius 2 is 2.08 bits per heavy atom. The molecule has 0 saturated heterocycles. The molecule has 0 spiro atoms. The molecule has 3 rings (SSSR count). The van der Waals surface area contributed by atoms with Gasteiger partial charge in [-0.2, -0.15) is 4.80 Å². The number of aromatic nitrogens is 4. The highest BCUT2D eigenvalue weighted by molar-refractivity contribution is 6.35. The van der Waals surface area contributed by atoms with Gasteiger partial charge in [-0.15, -0.1) is 5.10 Å². The van der Waals surface area contributed by atoms with Gasteiger partial charge in [-0.3, -0.25) is 0 Å². The minimum absolute atomic E-state index is 0.456. The van der Waals surface area contributed by atoms with Crippen LogP contribution < -0.4 is 5.32 Å². The summed E-state index contributed by atoms with van der Waals surface area (Å²) in [6.45, 7) is 3.34. The molecule has 8 heteroatoms. The van der Waals surface area contributed by atoms with Gasteiger partial charge in [0.1, 0.15) is 11.5 Å². The number of halogens is 2. The van der Waals surface area contributed by atoms with E-state index in [2.05, 4.69) is 27.7 Å². The monoisotopic (exact) mass is 365 g/mol. The molecule has 0 fully saturated rings. The van der Waals surface area contributed by atoms with E-state index >= 15 is 0 Å². The first-order valence-corrected chi connectivity index (χ1v) is 8.47. The van der Waals surface area contributed by atoms with Crippen molar-refractivity contribution in [3.63, 3.8) is 0 Å². The average Bonchev–Trinajstić information content (AvgIpc) is 3.22. The Kier molecular flexibility index (Phi) is 5.37. The van der Waals surface area contributed by atoms with Crippen LogP contribution in [0, 0.1) is 0 Å². The zero-order valence-electron chi connectivity index (χ0n) is 13.2. The number of hydrogen-bond donors (Lipinski definition) is 1. The van der Waals surface area contributed by atoms with Crippen molar-refractivity contribution >= 4 is 29.2 Å². The van der Waals surface area contributed by atoms with Crippen LogP contribution in [0.3, 0.4) is 0 Å². The van der Waals surface area contributed by atoms with Crippen LogP contribution in [0.15, 0.2) is 34.7 Å². The Morgan fingerprint density at radius 1 is 1.21 bits per heavy atom. The third-order valence-electron chi connectivity index (χ3n) is 3.44. The number of anilines is 1. The van der Waals surface area contributed by atoms with Crippen LogP contribution in [-0.4, -0.2) is 20.2 Å². The van der Waals surface area contributed by atoms with Crippen LogP contribution in [0.1, 0.15) is 25.5 Å². The van der Waals surface area contributed by atoms with Gasteiger partial charge in [0.25, 0.3) is 5.95 Å². The van der Waals surface area contributed by atoms with Crippen molar-refractivity contribution < 1.29 is 4.42 Å². The molecule has 6 nitrogen and oxygen atoms in total. The molecule has 24 heavy (non-hydrogen) atoms. The lowest BCUT2D eigenvalue weighted by Gasteiger charge is -2.02. The van der Waals surface area contributed by atoms with Crippen LogP contribution in [0.5, 0.6) is 0 Å². The van der Waals surface area contributed by atoms with Gasteiger partial charge < -0.3 is 9.73 Å². The first kappa shape index (κ1) is 16.8. The number of furan rings is 1. The maximum absolute atomic E-state index is 6.19. The number of tetrazole rings is 1. The molecule has 0 aliphatic heterocycles. The number of unbranched alkanes of at least 4 members (excludes halogenated alkanes) is 1. The number of aryl methyl sites for hydroxylation is 1. The molecule has 0 atom stereocenters. The zero-order valence-corrected chi connectivity index (χ0v) is 14.7. The van der Waals surface area contributed by atoms with Crippen molar-refractivity contribution in [3.8, 4) is 11.3 Å². The van der Waals surface area contributed by atoms with E-state index in [1.54, 1.807) is 23.0 Å². The van der Waals surface area contributed by atoms with Gasteiger partial charge >= 0.3 is 0 Å². The molecule has 126 valence electrons. The Bertz CT molecular complexity index is 814. The van der Waals surface area contributed by atoms with Gasteiger partial charge in [-0.25, -0.2) is 0 Å². The van der Waals surface area contributed by atoms with Crippen molar-refractivity contribution in [2.45, 2.75) is 32.9 Å². The number of nitrogens with zero attached hydrogens (tertiary/aromatic N) is 4. The predicted molar refractivity (Wildman–Crippen MR) is 94.2 cm³/mol. The highest BCUT2D eigenvalue weighted by atomic mass is 35.5. The van der Waals surface area contributed by atoms with Crippen molar-refractivity contribution in [2.24, 2.45) is 0 Å². The van der Waals surface area contributed by atoms with Gasteiger partial charge in [0.2, 0.25) is 0 Å². The molecule has 0 aliphatic rings. The Balaban J connectivity index is 1.64. The van der Waals surface area contributed by atoms with E-state index in [-0.39, 0.29) is 0 Å². The average molecular weight is 366 g/mol. The first-order valence-electron chi connectivity index (χ1n) is 7.71. The van der Waals surface area contributed by atoms with Crippen LogP contribution >= 0.6 is 23.2 Å². The quantitative estimate of drug-likeness (QED) is 0.659. The SMILES string of the molecule is CCCCn1nnc(NCc2ccc(-c3cc(Cl)ccc3Cl)o2)n1. The highest BCUT2D eigenvalue weighted by Gasteiger charge is 2.10. The van der Waals surface area contributed by atoms with Gasteiger partial charge in [-0.1, -0.05) is 41.6 Å². The van der Waals surface area contributed by atoms with E-state index in [4.69, 9.17) is 27.6 Å². The summed E-state index contributed by atoms with van der Waals surface area (Å²) in [6, 6.07) is 9.01. The Morgan fingerprint density at radius 3 is 2.92 bits per heavy atom. The van der Waals surface area contributed by atoms with E-state index in [0.29, 0.717) is 28.3 Å². The number of hydrogen-bond acceptors (Lipinski definition) is 5. The third kappa shape index (κ3) is 4.07. The molecule has 0 radical (unpaired) electrons. The minimum Gasteiger partial charge on any atom is -0.459 e. The van der Waals surface area contributed by atoms with Gasteiger partial charge in [0, 0.05) is 10.6 Å². The van der Waals surface area contributed by atoms with Gasteiger partial charge in [0.05, 0.1) is 18.1 Å². The molecule has 0 saturated carbocycles. The van der Waals surface area contributed by atoms with E-state index < -0.39 is 0 Å². The number of nitrogens with one attached hydrogen (secondary N) is 1. The van der Waals surface area contributed by atoms with Crippen LogP contribution in [0.25, 0.3) is 11.3 Å². The summed E-state index contributed by atoms with van der Waals surface area (Å²) < 4.78 is 5.81. The number of benzene rings is 1. The van der Waals surface area contributed by atoms with Crippen molar-refractivity contribution in [1.82, 2.24) is 20.2 Å². The van der Waals surface area contributed by atoms with E-state index in [0.717, 1.165) is 30.7 Å². The zero-order chi connectivity index (χ0) is 16.9. The fourth-order valence-corrected chi connectivity index (χ4v) is 2.56. The Labute approximate surface area is 149 Å². The molecule has 1 aromatic carbocycles. The highest BCUT2D eigenvalue weighted by Crippen LogP contribution is 2.31. The fourth-order valence-electron chi connectivity index (χ4n) is 2.18. The lowest BCUT2D eigenvalue weighted by molar-refractivity contribution is 0.496.